The molecule has 1 aromatic heterocycles. The molecule has 26 heavy (non-hydrogen) atoms. The molecule has 0 fully saturated rings. The van der Waals surface area contributed by atoms with E-state index in [1.54, 1.807) is 0 Å². The third-order valence-electron chi connectivity index (χ3n) is 3.90. The van der Waals surface area contributed by atoms with Crippen LogP contribution in [0.5, 0.6) is 0 Å². The van der Waals surface area contributed by atoms with Crippen molar-refractivity contribution in [3.63, 3.8) is 0 Å². The molecule has 0 aliphatic carbocycles. The quantitative estimate of drug-likeness (QED) is 0.842. The lowest BCUT2D eigenvalue weighted by atomic mass is 9.92. The van der Waals surface area contributed by atoms with Gasteiger partial charge in [-0.25, -0.2) is 4.98 Å². The number of hydrogen-bond acceptors (Lipinski definition) is 5. The van der Waals surface area contributed by atoms with E-state index in [9.17, 15) is 9.59 Å². The summed E-state index contributed by atoms with van der Waals surface area (Å²) in [4.78, 5) is 28.3. The first kappa shape index (κ1) is 18.5. The molecule has 0 bridgehead atoms. The van der Waals surface area contributed by atoms with Crippen molar-refractivity contribution in [2.24, 2.45) is 5.41 Å². The number of nitrogens with zero attached hydrogens (tertiary/aromatic N) is 1. The largest absolute Gasteiger partial charge is 0.372 e. The fourth-order valence-corrected chi connectivity index (χ4v) is 3.42. The average Bonchev–Trinajstić information content (AvgIpc) is 3.19. The van der Waals surface area contributed by atoms with E-state index in [-0.39, 0.29) is 23.8 Å². The second-order valence-corrected chi connectivity index (χ2v) is 8.43. The van der Waals surface area contributed by atoms with E-state index in [1.807, 2.05) is 32.2 Å². The highest BCUT2D eigenvalue weighted by atomic mass is 32.1. The van der Waals surface area contributed by atoms with Gasteiger partial charge in [0.05, 0.1) is 25.5 Å². The van der Waals surface area contributed by atoms with Crippen LogP contribution in [0.25, 0.3) is 11.3 Å². The van der Waals surface area contributed by atoms with E-state index in [0.717, 1.165) is 11.3 Å². The maximum Gasteiger partial charge on any atom is 0.245 e. The van der Waals surface area contributed by atoms with Crippen molar-refractivity contribution in [3.05, 3.63) is 34.7 Å². The number of thiazole rings is 1. The second kappa shape index (κ2) is 7.55. The zero-order valence-electron chi connectivity index (χ0n) is 15.2. The lowest BCUT2D eigenvalue weighted by molar-refractivity contribution is -0.125. The molecule has 0 atom stereocenters. The van der Waals surface area contributed by atoms with Crippen LogP contribution in [-0.4, -0.2) is 23.3 Å². The predicted molar refractivity (Wildman–Crippen MR) is 102 cm³/mol. The first-order valence-electron chi connectivity index (χ1n) is 8.52. The highest BCUT2D eigenvalue weighted by Gasteiger charge is 2.17. The molecule has 0 spiro atoms. The highest BCUT2D eigenvalue weighted by Crippen LogP contribution is 2.29. The summed E-state index contributed by atoms with van der Waals surface area (Å²) in [6.45, 7) is 7.18. The van der Waals surface area contributed by atoms with Crippen molar-refractivity contribution in [1.29, 1.82) is 0 Å². The third-order valence-corrected chi connectivity index (χ3v) is 4.66. The first-order valence-corrected chi connectivity index (χ1v) is 9.40. The molecule has 7 heteroatoms. The molecular formula is C19H23N3O3S. The molecule has 2 N–H and O–H groups in total. The van der Waals surface area contributed by atoms with Gasteiger partial charge in [-0.1, -0.05) is 32.9 Å². The van der Waals surface area contributed by atoms with Gasteiger partial charge < -0.3 is 15.4 Å². The zero-order valence-corrected chi connectivity index (χ0v) is 16.0. The minimum absolute atomic E-state index is 0.0555. The van der Waals surface area contributed by atoms with Gasteiger partial charge in [0.2, 0.25) is 11.8 Å². The van der Waals surface area contributed by atoms with E-state index in [1.165, 1.54) is 22.5 Å². The molecule has 0 radical (unpaired) electrons. The molecule has 2 heterocycles. The fraction of sp³-hybridized carbons (Fsp3) is 0.421. The van der Waals surface area contributed by atoms with Gasteiger partial charge in [-0.3, -0.25) is 9.59 Å². The number of benzene rings is 1. The number of aromatic nitrogens is 1. The zero-order chi connectivity index (χ0) is 18.7. The van der Waals surface area contributed by atoms with Crippen molar-refractivity contribution < 1.29 is 14.3 Å². The van der Waals surface area contributed by atoms with E-state index in [0.29, 0.717) is 24.8 Å². The van der Waals surface area contributed by atoms with Gasteiger partial charge in [0.15, 0.2) is 5.13 Å². The van der Waals surface area contributed by atoms with Crippen LogP contribution in [0.3, 0.4) is 0 Å². The van der Waals surface area contributed by atoms with Crippen molar-refractivity contribution in [1.82, 2.24) is 10.3 Å². The Kier molecular flexibility index (Phi) is 5.38. The Hall–Kier alpha value is -2.25. The molecule has 1 aliphatic rings. The van der Waals surface area contributed by atoms with Gasteiger partial charge in [0.1, 0.15) is 0 Å². The number of carbonyl (C=O) groups is 2. The molecular weight excluding hydrogens is 350 g/mol. The molecule has 1 aliphatic heterocycles. The van der Waals surface area contributed by atoms with E-state index in [2.05, 4.69) is 27.8 Å². The maximum atomic E-state index is 12.0. The third kappa shape index (κ3) is 4.89. The number of amides is 2. The fourth-order valence-electron chi connectivity index (χ4n) is 2.68. The van der Waals surface area contributed by atoms with E-state index >= 15 is 0 Å². The number of fused-ring (bicyclic) bond motifs is 1. The molecule has 6 nitrogen and oxygen atoms in total. The Balaban J connectivity index is 1.55. The number of nitrogens with one attached hydrogen (secondary N) is 2. The Morgan fingerprint density at radius 1 is 1.19 bits per heavy atom. The Labute approximate surface area is 157 Å². The van der Waals surface area contributed by atoms with Crippen LogP contribution in [0.4, 0.5) is 5.13 Å². The molecule has 138 valence electrons. The van der Waals surface area contributed by atoms with Crippen LogP contribution >= 0.6 is 11.3 Å². The summed E-state index contributed by atoms with van der Waals surface area (Å²) in [5, 5.41) is 7.80. The normalized spacial score (nSPS) is 13.3. The first-order chi connectivity index (χ1) is 12.3. The van der Waals surface area contributed by atoms with Crippen LogP contribution in [0, 0.1) is 5.41 Å². The van der Waals surface area contributed by atoms with Gasteiger partial charge >= 0.3 is 0 Å². The van der Waals surface area contributed by atoms with Gasteiger partial charge in [-0.05, 0) is 22.6 Å². The molecule has 3 rings (SSSR count). The van der Waals surface area contributed by atoms with Crippen LogP contribution < -0.4 is 10.6 Å². The minimum Gasteiger partial charge on any atom is -0.372 e. The monoisotopic (exact) mass is 373 g/mol. The number of hydrogen-bond donors (Lipinski definition) is 2. The number of rotatable bonds is 5. The number of anilines is 1. The van der Waals surface area contributed by atoms with Gasteiger partial charge in [-0.15, -0.1) is 11.3 Å². The molecule has 2 amide bonds. The lowest BCUT2D eigenvalue weighted by Crippen LogP contribution is -2.34. The Morgan fingerprint density at radius 2 is 1.96 bits per heavy atom. The molecule has 0 saturated heterocycles. The van der Waals surface area contributed by atoms with Crippen LogP contribution in [0.2, 0.25) is 0 Å². The predicted octanol–water partition coefficient (Wildman–Crippen LogP) is 3.33. The van der Waals surface area contributed by atoms with Gasteiger partial charge in [0.25, 0.3) is 0 Å². The average molecular weight is 373 g/mol. The number of carbonyl (C=O) groups excluding carboxylic acids is 2. The van der Waals surface area contributed by atoms with Crippen LogP contribution in [0.15, 0.2) is 23.6 Å². The summed E-state index contributed by atoms with van der Waals surface area (Å²) in [6, 6.07) is 6.15. The molecule has 2 aromatic rings. The summed E-state index contributed by atoms with van der Waals surface area (Å²) in [7, 11) is 0. The van der Waals surface area contributed by atoms with Crippen LogP contribution in [-0.2, 0) is 27.5 Å². The summed E-state index contributed by atoms with van der Waals surface area (Å²) < 4.78 is 5.43. The summed E-state index contributed by atoms with van der Waals surface area (Å²) in [5.74, 6) is -0.414. The standard InChI is InChI=1S/C19H23N3O3S/c1-19(2,3)7-16(23)20-8-17(24)22-18-21-15(11-26-18)12-4-5-13-9-25-10-14(13)6-12/h4-6,11H,7-10H2,1-3H3,(H,20,23)(H,21,22,24). The van der Waals surface area contributed by atoms with Crippen molar-refractivity contribution in [2.45, 2.75) is 40.4 Å². The lowest BCUT2D eigenvalue weighted by Gasteiger charge is -2.16. The topological polar surface area (TPSA) is 80.3 Å². The highest BCUT2D eigenvalue weighted by molar-refractivity contribution is 7.14. The van der Waals surface area contributed by atoms with Crippen LogP contribution in [0.1, 0.15) is 38.3 Å². The number of ether oxygens (including phenoxy) is 1. The molecule has 1 aromatic carbocycles. The van der Waals surface area contributed by atoms with E-state index < -0.39 is 0 Å². The van der Waals surface area contributed by atoms with Gasteiger partial charge in [-0.2, -0.15) is 0 Å². The second-order valence-electron chi connectivity index (χ2n) is 7.58. The van der Waals surface area contributed by atoms with E-state index in [4.69, 9.17) is 4.74 Å². The summed E-state index contributed by atoms with van der Waals surface area (Å²) in [6.07, 6.45) is 0.379. The smallest absolute Gasteiger partial charge is 0.245 e. The molecule has 0 saturated carbocycles. The van der Waals surface area contributed by atoms with Crippen molar-refractivity contribution in [2.75, 3.05) is 11.9 Å². The Morgan fingerprint density at radius 3 is 2.73 bits per heavy atom. The van der Waals surface area contributed by atoms with Gasteiger partial charge in [0, 0.05) is 17.4 Å². The summed E-state index contributed by atoms with van der Waals surface area (Å²) in [5.41, 5.74) is 4.11. The maximum absolute atomic E-state index is 12.0. The molecule has 0 unspecified atom stereocenters. The SMILES string of the molecule is CC(C)(C)CC(=O)NCC(=O)Nc1nc(-c2ccc3c(c2)COC3)cs1. The minimum atomic E-state index is -0.282. The van der Waals surface area contributed by atoms with Crippen molar-refractivity contribution in [3.8, 4) is 11.3 Å². The summed E-state index contributed by atoms with van der Waals surface area (Å²) >= 11 is 1.36. The Bertz CT molecular complexity index is 824. The van der Waals surface area contributed by atoms with Crippen molar-refractivity contribution >= 4 is 28.3 Å².